The van der Waals surface area contributed by atoms with Gasteiger partial charge in [-0.1, -0.05) is 62.3 Å². The maximum absolute atomic E-state index is 10.6. The van der Waals surface area contributed by atoms with Crippen molar-refractivity contribution in [1.29, 1.82) is 0 Å². The quantitative estimate of drug-likeness (QED) is 0.363. The molecule has 150 valence electrons. The van der Waals surface area contributed by atoms with Crippen LogP contribution in [0, 0.1) is 0 Å². The molecule has 0 unspecified atom stereocenters. The highest BCUT2D eigenvalue weighted by atomic mass is 16.6. The maximum Gasteiger partial charge on any atom is 0.303 e. The van der Waals surface area contributed by atoms with Gasteiger partial charge in [0.05, 0.1) is 12.8 Å². The second kappa shape index (κ2) is 10.5. The molecule has 0 saturated heterocycles. The van der Waals surface area contributed by atoms with Gasteiger partial charge < -0.3 is 14.7 Å². The van der Waals surface area contributed by atoms with E-state index in [2.05, 4.69) is 38.1 Å². The van der Waals surface area contributed by atoms with Crippen LogP contribution in [0.25, 0.3) is 0 Å². The molecule has 0 aliphatic heterocycles. The molecule has 0 aromatic heterocycles. The molecule has 0 fully saturated rings. The first-order valence-corrected chi connectivity index (χ1v) is 9.54. The third-order valence-electron chi connectivity index (χ3n) is 4.25. The van der Waals surface area contributed by atoms with E-state index in [0.29, 0.717) is 19.6 Å². The molecular formula is C23H29NO4. The smallest absolute Gasteiger partial charge is 0.303 e. The van der Waals surface area contributed by atoms with Crippen molar-refractivity contribution >= 4 is 12.2 Å². The fourth-order valence-corrected chi connectivity index (χ4v) is 2.54. The number of hydrogen-bond acceptors (Lipinski definition) is 4. The highest BCUT2D eigenvalue weighted by molar-refractivity contribution is 5.79. The number of aryl methyl sites for hydroxylation is 1. The van der Waals surface area contributed by atoms with Gasteiger partial charge in [0.1, 0.15) is 12.4 Å². The van der Waals surface area contributed by atoms with Gasteiger partial charge in [-0.15, -0.1) is 0 Å². The summed E-state index contributed by atoms with van der Waals surface area (Å²) in [6, 6.07) is 15.8. The highest BCUT2D eigenvalue weighted by Gasteiger charge is 2.12. The molecule has 0 saturated carbocycles. The topological polar surface area (TPSA) is 68.1 Å². The van der Waals surface area contributed by atoms with Crippen molar-refractivity contribution < 1.29 is 19.5 Å². The van der Waals surface area contributed by atoms with Crippen LogP contribution >= 0.6 is 0 Å². The van der Waals surface area contributed by atoms with Crippen molar-refractivity contribution in [2.45, 2.75) is 45.4 Å². The molecule has 2 rings (SSSR count). The van der Waals surface area contributed by atoms with Gasteiger partial charge in [-0.05, 0) is 40.7 Å². The Kier molecular flexibility index (Phi) is 8.05. The molecule has 0 atom stereocenters. The first-order chi connectivity index (χ1) is 13.3. The van der Waals surface area contributed by atoms with Crippen LogP contribution in [0.2, 0.25) is 0 Å². The van der Waals surface area contributed by atoms with Gasteiger partial charge in [0.2, 0.25) is 0 Å². The van der Waals surface area contributed by atoms with Crippen LogP contribution < -0.4 is 4.74 Å². The van der Waals surface area contributed by atoms with Crippen LogP contribution in [0.5, 0.6) is 5.75 Å². The minimum Gasteiger partial charge on any atom is -0.493 e. The average molecular weight is 383 g/mol. The zero-order chi connectivity index (χ0) is 20.4. The molecule has 0 aliphatic carbocycles. The maximum atomic E-state index is 10.6. The van der Waals surface area contributed by atoms with Gasteiger partial charge in [0.25, 0.3) is 0 Å². The Morgan fingerprint density at radius 3 is 2.32 bits per heavy atom. The second-order valence-electron chi connectivity index (χ2n) is 7.68. The molecule has 0 bridgehead atoms. The fraction of sp³-hybridized carbons (Fsp3) is 0.391. The Hall–Kier alpha value is -2.82. The van der Waals surface area contributed by atoms with Gasteiger partial charge in [-0.25, -0.2) is 0 Å². The van der Waals surface area contributed by atoms with Crippen molar-refractivity contribution in [3.63, 3.8) is 0 Å². The van der Waals surface area contributed by atoms with E-state index in [1.165, 1.54) is 5.56 Å². The predicted molar refractivity (Wildman–Crippen MR) is 111 cm³/mol. The van der Waals surface area contributed by atoms with Gasteiger partial charge in [0, 0.05) is 12.8 Å². The van der Waals surface area contributed by atoms with Gasteiger partial charge in [-0.2, -0.15) is 0 Å². The first-order valence-electron chi connectivity index (χ1n) is 9.54. The van der Waals surface area contributed by atoms with Crippen LogP contribution in [-0.2, 0) is 21.5 Å². The van der Waals surface area contributed by atoms with Crippen molar-refractivity contribution in [2.24, 2.45) is 5.16 Å². The molecule has 0 aliphatic rings. The van der Waals surface area contributed by atoms with Gasteiger partial charge in [-0.3, -0.25) is 4.79 Å². The number of ether oxygens (including phenoxy) is 1. The summed E-state index contributed by atoms with van der Waals surface area (Å²) in [6.07, 6.45) is 3.10. The van der Waals surface area contributed by atoms with Crippen molar-refractivity contribution in [3.05, 3.63) is 65.2 Å². The number of nitrogens with zero attached hydrogens (tertiary/aromatic N) is 1. The molecule has 0 heterocycles. The molecule has 0 radical (unpaired) electrons. The Bertz CT molecular complexity index is 759. The van der Waals surface area contributed by atoms with E-state index in [1.807, 2.05) is 36.4 Å². The molecule has 5 heteroatoms. The number of carbonyl (C=O) groups is 1. The van der Waals surface area contributed by atoms with E-state index in [-0.39, 0.29) is 11.8 Å². The van der Waals surface area contributed by atoms with Crippen molar-refractivity contribution in [3.8, 4) is 5.75 Å². The summed E-state index contributed by atoms with van der Waals surface area (Å²) in [4.78, 5) is 15.9. The van der Waals surface area contributed by atoms with Gasteiger partial charge >= 0.3 is 5.97 Å². The van der Waals surface area contributed by atoms with Crippen LogP contribution in [0.15, 0.2) is 53.7 Å². The highest BCUT2D eigenvalue weighted by Crippen LogP contribution is 2.21. The number of benzene rings is 2. The third kappa shape index (κ3) is 7.82. The Morgan fingerprint density at radius 1 is 1.04 bits per heavy atom. The number of aliphatic carboxylic acids is 1. The Labute approximate surface area is 167 Å². The van der Waals surface area contributed by atoms with Crippen molar-refractivity contribution in [1.82, 2.24) is 0 Å². The van der Waals surface area contributed by atoms with Crippen LogP contribution in [0.3, 0.4) is 0 Å². The monoisotopic (exact) mass is 383 g/mol. The number of carboxylic acid groups (broad SMARTS) is 1. The molecule has 28 heavy (non-hydrogen) atoms. The summed E-state index contributed by atoms with van der Waals surface area (Å²) in [5.41, 5.74) is 3.43. The lowest BCUT2D eigenvalue weighted by molar-refractivity contribution is -0.136. The minimum atomic E-state index is -0.787. The van der Waals surface area contributed by atoms with Crippen LogP contribution in [0.4, 0.5) is 0 Å². The minimum absolute atomic E-state index is 0.138. The summed E-state index contributed by atoms with van der Waals surface area (Å²) in [5.74, 6) is -0.0218. The lowest BCUT2D eigenvalue weighted by Crippen LogP contribution is -2.10. The first kappa shape index (κ1) is 21.5. The van der Waals surface area contributed by atoms with E-state index in [1.54, 1.807) is 6.21 Å². The van der Waals surface area contributed by atoms with E-state index in [9.17, 15) is 4.79 Å². The van der Waals surface area contributed by atoms with Crippen molar-refractivity contribution in [2.75, 3.05) is 13.2 Å². The van der Waals surface area contributed by atoms with Gasteiger partial charge in [0.15, 0.2) is 0 Å². The van der Waals surface area contributed by atoms with E-state index >= 15 is 0 Å². The second-order valence-corrected chi connectivity index (χ2v) is 7.68. The Balaban J connectivity index is 1.62. The zero-order valence-corrected chi connectivity index (χ0v) is 16.9. The Morgan fingerprint density at radius 2 is 1.71 bits per heavy atom. The number of carboxylic acids is 1. The number of rotatable bonds is 10. The summed E-state index contributed by atoms with van der Waals surface area (Å²) < 4.78 is 5.65. The van der Waals surface area contributed by atoms with Crippen LogP contribution in [0.1, 0.15) is 50.3 Å². The summed E-state index contributed by atoms with van der Waals surface area (Å²) in [5, 5.41) is 12.7. The lowest BCUT2D eigenvalue weighted by atomic mass is 9.87. The van der Waals surface area contributed by atoms with Crippen LogP contribution in [-0.4, -0.2) is 30.5 Å². The number of oxime groups is 1. The average Bonchev–Trinajstić information content (AvgIpc) is 2.66. The molecule has 0 amide bonds. The predicted octanol–water partition coefficient (Wildman–Crippen LogP) is 4.82. The molecule has 2 aromatic rings. The number of hydrogen-bond donors (Lipinski definition) is 1. The standard InChI is InChI=1S/C23H29NO4/c1-23(2,3)20-10-5-19(6-11-20)17-24-28-16-4-15-27-21-12-7-18(8-13-21)9-14-22(25)26/h5-8,10-13,17H,4,9,14-16H2,1-3H3,(H,25,26)/b24-17+. The SMILES string of the molecule is CC(C)(C)c1ccc(/C=N/OCCCOc2ccc(CCC(=O)O)cc2)cc1. The zero-order valence-electron chi connectivity index (χ0n) is 16.9. The normalized spacial score (nSPS) is 11.5. The molecule has 5 nitrogen and oxygen atoms in total. The summed E-state index contributed by atoms with van der Waals surface area (Å²) in [7, 11) is 0. The molecule has 2 aromatic carbocycles. The molecule has 0 spiro atoms. The third-order valence-corrected chi connectivity index (χ3v) is 4.25. The fourth-order valence-electron chi connectivity index (χ4n) is 2.54. The summed E-state index contributed by atoms with van der Waals surface area (Å²) in [6.45, 7) is 7.58. The summed E-state index contributed by atoms with van der Waals surface area (Å²) >= 11 is 0. The van der Waals surface area contributed by atoms with E-state index in [0.717, 1.165) is 23.3 Å². The molecular weight excluding hydrogens is 354 g/mol. The van der Waals surface area contributed by atoms with E-state index in [4.69, 9.17) is 14.7 Å². The lowest BCUT2D eigenvalue weighted by Gasteiger charge is -2.18. The molecule has 1 N–H and O–H groups in total. The van der Waals surface area contributed by atoms with E-state index < -0.39 is 5.97 Å². The largest absolute Gasteiger partial charge is 0.493 e.